The van der Waals surface area contributed by atoms with Crippen LogP contribution in [0.3, 0.4) is 0 Å². The van der Waals surface area contributed by atoms with Gasteiger partial charge in [-0.2, -0.15) is 0 Å². The molecule has 2 rings (SSSR count). The summed E-state index contributed by atoms with van der Waals surface area (Å²) in [4.78, 5) is 13.3. The Hall–Kier alpha value is -2.06. The molecular formula is C17H19FN2O3S2. The molecule has 0 bridgehead atoms. The summed E-state index contributed by atoms with van der Waals surface area (Å²) >= 11 is 1.58. The van der Waals surface area contributed by atoms with Crippen LogP contribution in [0, 0.1) is 5.82 Å². The number of thioether (sulfide) groups is 1. The highest BCUT2D eigenvalue weighted by Crippen LogP contribution is 2.26. The first-order valence-electron chi connectivity index (χ1n) is 7.56. The first-order chi connectivity index (χ1) is 11.8. The molecule has 1 amide bonds. The molecule has 0 aliphatic carbocycles. The van der Waals surface area contributed by atoms with Gasteiger partial charge in [0.1, 0.15) is 12.4 Å². The van der Waals surface area contributed by atoms with E-state index in [4.69, 9.17) is 0 Å². The predicted molar refractivity (Wildman–Crippen MR) is 100 cm³/mol. The van der Waals surface area contributed by atoms with Crippen LogP contribution in [-0.4, -0.2) is 32.9 Å². The average molecular weight is 382 g/mol. The monoisotopic (exact) mass is 382 g/mol. The Morgan fingerprint density at radius 3 is 2.40 bits per heavy atom. The number of nitrogens with one attached hydrogen (secondary N) is 1. The molecule has 0 aliphatic rings. The molecule has 0 saturated carbocycles. The van der Waals surface area contributed by atoms with Gasteiger partial charge in [-0.1, -0.05) is 19.1 Å². The number of benzene rings is 2. The Labute approximate surface area is 151 Å². The highest BCUT2D eigenvalue weighted by Gasteiger charge is 2.21. The lowest BCUT2D eigenvalue weighted by Crippen LogP contribution is -2.37. The van der Waals surface area contributed by atoms with E-state index in [0.717, 1.165) is 33.3 Å². The lowest BCUT2D eigenvalue weighted by molar-refractivity contribution is -0.114. The molecule has 0 aromatic heterocycles. The molecule has 1 N–H and O–H groups in total. The standard InChI is InChI=1S/C17H19FN2O3S2/c1-3-24-16-7-5-4-6-15(16)19-17(21)12-20(25(2,22)23)14-10-8-13(18)9-11-14/h4-11H,3,12H2,1-2H3,(H,19,21). The first kappa shape index (κ1) is 19.3. The molecule has 0 radical (unpaired) electrons. The smallest absolute Gasteiger partial charge is 0.245 e. The van der Waals surface area contributed by atoms with Crippen molar-refractivity contribution >= 4 is 39.1 Å². The van der Waals surface area contributed by atoms with Gasteiger partial charge in [-0.15, -0.1) is 11.8 Å². The Morgan fingerprint density at radius 2 is 1.80 bits per heavy atom. The topological polar surface area (TPSA) is 66.5 Å². The number of carbonyl (C=O) groups excluding carboxylic acids is 1. The zero-order valence-electron chi connectivity index (χ0n) is 13.9. The minimum absolute atomic E-state index is 0.232. The fourth-order valence-corrected chi connectivity index (χ4v) is 3.80. The molecule has 25 heavy (non-hydrogen) atoms. The van der Waals surface area contributed by atoms with Gasteiger partial charge in [0.25, 0.3) is 0 Å². The molecule has 2 aromatic carbocycles. The summed E-state index contributed by atoms with van der Waals surface area (Å²) in [6, 6.07) is 12.3. The van der Waals surface area contributed by atoms with Gasteiger partial charge in [0.2, 0.25) is 15.9 Å². The number of para-hydroxylation sites is 1. The molecule has 8 heteroatoms. The summed E-state index contributed by atoms with van der Waals surface area (Å²) < 4.78 is 38.1. The fourth-order valence-electron chi connectivity index (χ4n) is 2.18. The largest absolute Gasteiger partial charge is 0.323 e. The third-order valence-corrected chi connectivity index (χ3v) is 5.36. The van der Waals surface area contributed by atoms with Gasteiger partial charge in [0.15, 0.2) is 0 Å². The maximum atomic E-state index is 13.1. The second-order valence-electron chi connectivity index (χ2n) is 5.22. The van der Waals surface area contributed by atoms with Crippen LogP contribution in [0.25, 0.3) is 0 Å². The summed E-state index contributed by atoms with van der Waals surface area (Å²) in [5, 5.41) is 2.74. The molecular weight excluding hydrogens is 363 g/mol. The van der Waals surface area contributed by atoms with E-state index in [-0.39, 0.29) is 5.69 Å². The third kappa shape index (κ3) is 5.47. The number of halogens is 1. The van der Waals surface area contributed by atoms with Crippen molar-refractivity contribution in [3.63, 3.8) is 0 Å². The van der Waals surface area contributed by atoms with Crippen LogP contribution in [0.1, 0.15) is 6.92 Å². The summed E-state index contributed by atoms with van der Waals surface area (Å²) in [6.45, 7) is 1.61. The molecule has 0 saturated heterocycles. The van der Waals surface area contributed by atoms with Gasteiger partial charge in [-0.25, -0.2) is 12.8 Å². The van der Waals surface area contributed by atoms with Crippen LogP contribution >= 0.6 is 11.8 Å². The molecule has 0 aliphatic heterocycles. The van der Waals surface area contributed by atoms with Crippen molar-refractivity contribution in [3.05, 3.63) is 54.3 Å². The van der Waals surface area contributed by atoms with Gasteiger partial charge in [-0.05, 0) is 42.2 Å². The highest BCUT2D eigenvalue weighted by molar-refractivity contribution is 7.99. The maximum absolute atomic E-state index is 13.1. The number of hydrogen-bond acceptors (Lipinski definition) is 4. The molecule has 5 nitrogen and oxygen atoms in total. The van der Waals surface area contributed by atoms with Gasteiger partial charge < -0.3 is 5.32 Å². The van der Waals surface area contributed by atoms with E-state index < -0.39 is 28.3 Å². The SMILES string of the molecule is CCSc1ccccc1NC(=O)CN(c1ccc(F)cc1)S(C)(=O)=O. The number of rotatable bonds is 7. The molecule has 0 spiro atoms. The predicted octanol–water partition coefficient (Wildman–Crippen LogP) is 3.34. The van der Waals surface area contributed by atoms with Crippen LogP contribution in [0.5, 0.6) is 0 Å². The second kappa shape index (κ2) is 8.35. The Kier molecular flexibility index (Phi) is 6.44. The van der Waals surface area contributed by atoms with Crippen LogP contribution in [0.2, 0.25) is 0 Å². The van der Waals surface area contributed by atoms with Crippen molar-refractivity contribution in [1.29, 1.82) is 0 Å². The molecule has 2 aromatic rings. The Balaban J connectivity index is 2.19. The fraction of sp³-hybridized carbons (Fsp3) is 0.235. The van der Waals surface area contributed by atoms with Crippen molar-refractivity contribution in [2.75, 3.05) is 28.2 Å². The highest BCUT2D eigenvalue weighted by atomic mass is 32.2. The second-order valence-corrected chi connectivity index (χ2v) is 8.44. The van der Waals surface area contributed by atoms with E-state index in [1.54, 1.807) is 23.9 Å². The summed E-state index contributed by atoms with van der Waals surface area (Å²) in [6.07, 6.45) is 1.00. The molecule has 134 valence electrons. The van der Waals surface area contributed by atoms with Crippen molar-refractivity contribution < 1.29 is 17.6 Å². The summed E-state index contributed by atoms with van der Waals surface area (Å²) in [7, 11) is -3.69. The third-order valence-electron chi connectivity index (χ3n) is 3.26. The van der Waals surface area contributed by atoms with Gasteiger partial charge in [0.05, 0.1) is 17.6 Å². The average Bonchev–Trinajstić information content (AvgIpc) is 2.55. The van der Waals surface area contributed by atoms with Crippen molar-refractivity contribution in [2.24, 2.45) is 0 Å². The number of nitrogens with zero attached hydrogens (tertiary/aromatic N) is 1. The minimum Gasteiger partial charge on any atom is -0.323 e. The maximum Gasteiger partial charge on any atom is 0.245 e. The van der Waals surface area contributed by atoms with Crippen LogP contribution in [-0.2, 0) is 14.8 Å². The molecule has 0 atom stereocenters. The summed E-state index contributed by atoms with van der Waals surface area (Å²) in [5.74, 6) is -0.108. The van der Waals surface area contributed by atoms with Gasteiger partial charge >= 0.3 is 0 Å². The molecule has 0 heterocycles. The number of anilines is 2. The van der Waals surface area contributed by atoms with E-state index in [0.29, 0.717) is 5.69 Å². The van der Waals surface area contributed by atoms with Crippen LogP contribution in [0.15, 0.2) is 53.4 Å². The van der Waals surface area contributed by atoms with E-state index in [1.807, 2.05) is 19.1 Å². The quantitative estimate of drug-likeness (QED) is 0.746. The number of hydrogen-bond donors (Lipinski definition) is 1. The number of sulfonamides is 1. The van der Waals surface area contributed by atoms with E-state index in [1.165, 1.54) is 12.1 Å². The first-order valence-corrected chi connectivity index (χ1v) is 10.4. The Morgan fingerprint density at radius 1 is 1.16 bits per heavy atom. The molecule has 0 unspecified atom stereocenters. The normalized spacial score (nSPS) is 11.2. The van der Waals surface area contributed by atoms with Crippen LogP contribution < -0.4 is 9.62 Å². The zero-order chi connectivity index (χ0) is 18.4. The number of carbonyl (C=O) groups is 1. The van der Waals surface area contributed by atoms with Crippen molar-refractivity contribution in [2.45, 2.75) is 11.8 Å². The number of amides is 1. The molecule has 0 fully saturated rings. The lowest BCUT2D eigenvalue weighted by atomic mass is 10.3. The summed E-state index contributed by atoms with van der Waals surface area (Å²) in [5.41, 5.74) is 0.863. The van der Waals surface area contributed by atoms with Crippen LogP contribution in [0.4, 0.5) is 15.8 Å². The van der Waals surface area contributed by atoms with Crippen molar-refractivity contribution in [1.82, 2.24) is 0 Å². The van der Waals surface area contributed by atoms with E-state index in [9.17, 15) is 17.6 Å². The van der Waals surface area contributed by atoms with Gasteiger partial charge in [-0.3, -0.25) is 9.10 Å². The minimum atomic E-state index is -3.69. The zero-order valence-corrected chi connectivity index (χ0v) is 15.5. The van der Waals surface area contributed by atoms with E-state index >= 15 is 0 Å². The Bertz CT molecular complexity index is 839. The van der Waals surface area contributed by atoms with Gasteiger partial charge in [0, 0.05) is 4.90 Å². The van der Waals surface area contributed by atoms with E-state index in [2.05, 4.69) is 5.32 Å². The lowest BCUT2D eigenvalue weighted by Gasteiger charge is -2.22. The van der Waals surface area contributed by atoms with Crippen molar-refractivity contribution in [3.8, 4) is 0 Å².